The van der Waals surface area contributed by atoms with Crippen molar-refractivity contribution in [2.75, 3.05) is 31.1 Å². The zero-order valence-electron chi connectivity index (χ0n) is 24.6. The molecule has 224 valence electrons. The average molecular weight is 636 g/mol. The Hall–Kier alpha value is -3.00. The number of thioether (sulfide) groups is 1. The number of benzene rings is 3. The van der Waals surface area contributed by atoms with Crippen molar-refractivity contribution >= 4 is 57.5 Å². The van der Waals surface area contributed by atoms with Crippen LogP contribution in [-0.2, 0) is 4.79 Å². The topological polar surface area (TPSA) is 58.4 Å². The number of amides is 1. The van der Waals surface area contributed by atoms with Crippen LogP contribution in [0.1, 0.15) is 44.6 Å². The number of fused-ring (bicyclic) bond motifs is 1. The van der Waals surface area contributed by atoms with E-state index in [0.29, 0.717) is 26.8 Å². The Balaban J connectivity index is 1.30. The van der Waals surface area contributed by atoms with Crippen molar-refractivity contribution < 1.29 is 4.79 Å². The Morgan fingerprint density at radius 3 is 2.42 bits per heavy atom. The number of halogens is 2. The third kappa shape index (κ3) is 6.17. The first kappa shape index (κ1) is 30.0. The molecule has 2 unspecified atom stereocenters. The lowest BCUT2D eigenvalue weighted by molar-refractivity contribution is -0.130. The van der Waals surface area contributed by atoms with Crippen LogP contribution in [0.5, 0.6) is 0 Å². The zero-order valence-corrected chi connectivity index (χ0v) is 26.9. The van der Waals surface area contributed by atoms with Gasteiger partial charge in [0.05, 0.1) is 21.8 Å². The van der Waals surface area contributed by atoms with Crippen LogP contribution in [0, 0.1) is 12.3 Å². The Morgan fingerprint density at radius 1 is 0.977 bits per heavy atom. The maximum absolute atomic E-state index is 14.2. The van der Waals surface area contributed by atoms with Crippen LogP contribution < -0.4 is 10.5 Å². The molecule has 4 aromatic rings. The highest BCUT2D eigenvalue weighted by Gasteiger charge is 2.46. The first-order valence-corrected chi connectivity index (χ1v) is 16.6. The van der Waals surface area contributed by atoms with Crippen LogP contribution in [0.3, 0.4) is 0 Å². The van der Waals surface area contributed by atoms with Gasteiger partial charge in [0.25, 0.3) is 5.56 Å². The smallest absolute Gasteiger partial charge is 0.266 e. The first-order valence-electron chi connectivity index (χ1n) is 15.0. The number of hydrogen-bond donors (Lipinski definition) is 0. The minimum absolute atomic E-state index is 0.0825. The predicted molar refractivity (Wildman–Crippen MR) is 178 cm³/mol. The summed E-state index contributed by atoms with van der Waals surface area (Å²) in [5.41, 5.74) is 3.30. The molecule has 3 heterocycles. The van der Waals surface area contributed by atoms with E-state index in [2.05, 4.69) is 22.8 Å². The Bertz CT molecular complexity index is 1730. The van der Waals surface area contributed by atoms with Crippen LogP contribution in [0.15, 0.2) is 76.7 Å². The van der Waals surface area contributed by atoms with Crippen LogP contribution in [0.2, 0.25) is 10.0 Å². The second-order valence-electron chi connectivity index (χ2n) is 11.9. The van der Waals surface area contributed by atoms with Gasteiger partial charge in [0.2, 0.25) is 5.91 Å². The Labute approximate surface area is 267 Å². The molecule has 1 amide bonds. The molecule has 6 rings (SSSR count). The highest BCUT2D eigenvalue weighted by molar-refractivity contribution is 8.00. The summed E-state index contributed by atoms with van der Waals surface area (Å²) in [5, 5.41) is 2.00. The van der Waals surface area contributed by atoms with Gasteiger partial charge < -0.3 is 9.80 Å². The molecule has 0 saturated carbocycles. The number of carbonyl (C=O) groups is 1. The number of likely N-dealkylation sites (tertiary alicyclic amines) is 1. The molecule has 0 N–H and O–H groups in total. The molecule has 1 spiro atoms. The summed E-state index contributed by atoms with van der Waals surface area (Å²) in [7, 11) is 0. The van der Waals surface area contributed by atoms with Gasteiger partial charge in [-0.15, -0.1) is 0 Å². The van der Waals surface area contributed by atoms with E-state index in [1.165, 1.54) is 11.8 Å². The SMILES string of the molecule is CCCCC(Sc1nc2c(C)cccc2c(=O)n1-c1cccc(Cl)c1)C(=O)N1CCC2(CCN(c3cccc(Cl)c3)C2)C1. The molecule has 2 saturated heterocycles. The fraction of sp³-hybridized carbons (Fsp3) is 0.382. The summed E-state index contributed by atoms with van der Waals surface area (Å²) in [5.74, 6) is 0.133. The molecule has 2 fully saturated rings. The van der Waals surface area contributed by atoms with Crippen LogP contribution in [0.25, 0.3) is 16.6 Å². The molecule has 2 aliphatic rings. The molecular formula is C34H36Cl2N4O2S. The van der Waals surface area contributed by atoms with E-state index >= 15 is 0 Å². The number of nitrogens with zero attached hydrogens (tertiary/aromatic N) is 4. The van der Waals surface area contributed by atoms with E-state index in [9.17, 15) is 9.59 Å². The van der Waals surface area contributed by atoms with Crippen molar-refractivity contribution in [3.05, 3.63) is 92.7 Å². The van der Waals surface area contributed by atoms with Crippen molar-refractivity contribution in [1.82, 2.24) is 14.5 Å². The van der Waals surface area contributed by atoms with Gasteiger partial charge in [-0.25, -0.2) is 4.98 Å². The molecule has 1 aromatic heterocycles. The third-order valence-corrected chi connectivity index (χ3v) is 10.5. The van der Waals surface area contributed by atoms with E-state index < -0.39 is 0 Å². The summed E-state index contributed by atoms with van der Waals surface area (Å²) < 4.78 is 1.62. The first-order chi connectivity index (χ1) is 20.8. The van der Waals surface area contributed by atoms with E-state index in [4.69, 9.17) is 28.2 Å². The van der Waals surface area contributed by atoms with E-state index in [0.717, 1.165) is 74.6 Å². The van der Waals surface area contributed by atoms with Gasteiger partial charge in [-0.2, -0.15) is 0 Å². The normalized spacial score (nSPS) is 19.1. The number of para-hydroxylation sites is 1. The molecule has 43 heavy (non-hydrogen) atoms. The number of hydrogen-bond acceptors (Lipinski definition) is 5. The molecule has 0 aliphatic carbocycles. The van der Waals surface area contributed by atoms with Gasteiger partial charge >= 0.3 is 0 Å². The predicted octanol–water partition coefficient (Wildman–Crippen LogP) is 7.78. The molecule has 9 heteroatoms. The molecule has 0 bridgehead atoms. The fourth-order valence-electron chi connectivity index (χ4n) is 6.49. The van der Waals surface area contributed by atoms with Crippen molar-refractivity contribution in [3.8, 4) is 5.69 Å². The van der Waals surface area contributed by atoms with Crippen LogP contribution in [0.4, 0.5) is 5.69 Å². The number of anilines is 1. The highest BCUT2D eigenvalue weighted by Crippen LogP contribution is 2.42. The summed E-state index contributed by atoms with van der Waals surface area (Å²) in [6.45, 7) is 7.48. The van der Waals surface area contributed by atoms with Gasteiger partial charge in [0, 0.05) is 47.3 Å². The van der Waals surface area contributed by atoms with Gasteiger partial charge in [-0.3, -0.25) is 14.2 Å². The summed E-state index contributed by atoms with van der Waals surface area (Å²) >= 11 is 14.0. The molecular weight excluding hydrogens is 599 g/mol. The minimum Gasteiger partial charge on any atom is -0.371 e. The second kappa shape index (κ2) is 12.5. The average Bonchev–Trinajstić information content (AvgIpc) is 3.62. The number of carbonyl (C=O) groups excluding carboxylic acids is 1. The quantitative estimate of drug-likeness (QED) is 0.146. The van der Waals surface area contributed by atoms with E-state index in [1.807, 2.05) is 55.5 Å². The largest absolute Gasteiger partial charge is 0.371 e. The molecule has 6 nitrogen and oxygen atoms in total. The number of aromatic nitrogens is 2. The standard InChI is InChI=1S/C34H36Cl2N4O2S/c1-3-4-14-29(32(42)39-18-16-34(22-39)15-17-38(21-34)26-11-6-9-24(35)19-26)43-33-37-30-23(2)8-5-13-28(30)31(41)40(33)27-12-7-10-25(36)20-27/h5-13,19-20,29H,3-4,14-18,21-22H2,1-2H3. The summed E-state index contributed by atoms with van der Waals surface area (Å²) in [6, 6.07) is 20.9. The fourth-order valence-corrected chi connectivity index (χ4v) is 8.09. The van der Waals surface area contributed by atoms with Crippen molar-refractivity contribution in [2.24, 2.45) is 5.41 Å². The lowest BCUT2D eigenvalue weighted by Gasteiger charge is -2.27. The Morgan fingerprint density at radius 2 is 1.67 bits per heavy atom. The second-order valence-corrected chi connectivity index (χ2v) is 13.9. The van der Waals surface area contributed by atoms with Gasteiger partial charge in [0.15, 0.2) is 5.16 Å². The molecule has 3 aromatic carbocycles. The van der Waals surface area contributed by atoms with Gasteiger partial charge in [-0.1, -0.05) is 79.0 Å². The van der Waals surface area contributed by atoms with E-state index in [-0.39, 0.29) is 22.1 Å². The lowest BCUT2D eigenvalue weighted by atomic mass is 9.86. The van der Waals surface area contributed by atoms with Gasteiger partial charge in [0.1, 0.15) is 0 Å². The maximum Gasteiger partial charge on any atom is 0.266 e. The van der Waals surface area contributed by atoms with Crippen LogP contribution >= 0.6 is 35.0 Å². The maximum atomic E-state index is 14.2. The van der Waals surface area contributed by atoms with Crippen molar-refractivity contribution in [1.29, 1.82) is 0 Å². The molecule has 2 aliphatic heterocycles. The van der Waals surface area contributed by atoms with Crippen molar-refractivity contribution in [3.63, 3.8) is 0 Å². The zero-order chi connectivity index (χ0) is 30.1. The summed E-state index contributed by atoms with van der Waals surface area (Å²) in [6.07, 6.45) is 4.65. The Kier molecular flexibility index (Phi) is 8.77. The molecule has 0 radical (unpaired) electrons. The number of rotatable bonds is 8. The van der Waals surface area contributed by atoms with Gasteiger partial charge in [-0.05, 0) is 74.2 Å². The monoisotopic (exact) mass is 634 g/mol. The van der Waals surface area contributed by atoms with Crippen molar-refractivity contribution in [2.45, 2.75) is 56.4 Å². The number of unbranched alkanes of at least 4 members (excludes halogenated alkanes) is 1. The van der Waals surface area contributed by atoms with E-state index in [1.54, 1.807) is 16.7 Å². The third-order valence-electron chi connectivity index (χ3n) is 8.84. The molecule has 2 atom stereocenters. The number of aryl methyl sites for hydroxylation is 1. The summed E-state index contributed by atoms with van der Waals surface area (Å²) in [4.78, 5) is 37.6. The van der Waals surface area contributed by atoms with Crippen LogP contribution in [-0.4, -0.2) is 51.8 Å². The lowest BCUT2D eigenvalue weighted by Crippen LogP contribution is -2.39. The highest BCUT2D eigenvalue weighted by atomic mass is 35.5. The minimum atomic E-state index is -0.348.